The monoisotopic (exact) mass is 195 g/mol. The summed E-state index contributed by atoms with van der Waals surface area (Å²) in [4.78, 5) is 14.7. The Morgan fingerprint density at radius 1 is 1.50 bits per heavy atom. The van der Waals surface area contributed by atoms with E-state index in [0.29, 0.717) is 12.2 Å². The third-order valence-corrected chi connectivity index (χ3v) is 2.03. The van der Waals surface area contributed by atoms with Gasteiger partial charge in [0.05, 0.1) is 12.2 Å². The molecule has 0 aliphatic carbocycles. The summed E-state index contributed by atoms with van der Waals surface area (Å²) in [6.07, 6.45) is 1.91. The van der Waals surface area contributed by atoms with E-state index in [1.165, 1.54) is 0 Å². The molecule has 0 radical (unpaired) electrons. The van der Waals surface area contributed by atoms with E-state index in [1.807, 2.05) is 19.9 Å². The quantitative estimate of drug-likeness (QED) is 0.750. The maximum Gasteiger partial charge on any atom is 0.339 e. The molecule has 0 amide bonds. The van der Waals surface area contributed by atoms with Gasteiger partial charge in [-0.05, 0) is 26.3 Å². The van der Waals surface area contributed by atoms with Crippen LogP contribution in [0.2, 0.25) is 0 Å². The SMILES string of the molecule is CCCc1[nH]c(C)cc1C(=O)OCC. The first kappa shape index (κ1) is 10.8. The second kappa shape index (κ2) is 4.84. The summed E-state index contributed by atoms with van der Waals surface area (Å²) in [5, 5.41) is 0. The van der Waals surface area contributed by atoms with E-state index in [-0.39, 0.29) is 5.97 Å². The van der Waals surface area contributed by atoms with Crippen LogP contribution in [0.1, 0.15) is 42.0 Å². The number of rotatable bonds is 4. The van der Waals surface area contributed by atoms with Gasteiger partial charge in [-0.3, -0.25) is 0 Å². The molecule has 1 N–H and O–H groups in total. The molecule has 0 fully saturated rings. The number of H-pyrrole nitrogens is 1. The van der Waals surface area contributed by atoms with E-state index in [4.69, 9.17) is 4.74 Å². The lowest BCUT2D eigenvalue weighted by Gasteiger charge is -2.01. The summed E-state index contributed by atoms with van der Waals surface area (Å²) < 4.78 is 4.97. The molecule has 0 aromatic carbocycles. The zero-order chi connectivity index (χ0) is 10.6. The number of carbonyl (C=O) groups excluding carboxylic acids is 1. The van der Waals surface area contributed by atoms with Crippen molar-refractivity contribution in [1.29, 1.82) is 0 Å². The minimum absolute atomic E-state index is 0.222. The number of hydrogen-bond acceptors (Lipinski definition) is 2. The highest BCUT2D eigenvalue weighted by atomic mass is 16.5. The Morgan fingerprint density at radius 3 is 2.79 bits per heavy atom. The van der Waals surface area contributed by atoms with Crippen LogP contribution in [0.5, 0.6) is 0 Å². The van der Waals surface area contributed by atoms with Gasteiger partial charge in [0.15, 0.2) is 0 Å². The van der Waals surface area contributed by atoms with Crippen LogP contribution in [0.15, 0.2) is 6.07 Å². The minimum atomic E-state index is -0.222. The number of aromatic amines is 1. The van der Waals surface area contributed by atoms with Gasteiger partial charge >= 0.3 is 5.97 Å². The van der Waals surface area contributed by atoms with Gasteiger partial charge in [0, 0.05) is 11.4 Å². The third kappa shape index (κ3) is 2.37. The average molecular weight is 195 g/mol. The molecule has 1 rings (SSSR count). The molecule has 3 heteroatoms. The first-order chi connectivity index (χ1) is 6.69. The number of carbonyl (C=O) groups is 1. The molecule has 1 aromatic rings. The molecule has 0 atom stereocenters. The number of esters is 1. The van der Waals surface area contributed by atoms with Crippen molar-refractivity contribution in [2.24, 2.45) is 0 Å². The van der Waals surface area contributed by atoms with Crippen molar-refractivity contribution in [3.8, 4) is 0 Å². The topological polar surface area (TPSA) is 42.1 Å². The average Bonchev–Trinajstić information content (AvgIpc) is 2.48. The van der Waals surface area contributed by atoms with Gasteiger partial charge in [-0.1, -0.05) is 13.3 Å². The molecule has 3 nitrogen and oxygen atoms in total. The van der Waals surface area contributed by atoms with E-state index < -0.39 is 0 Å². The fraction of sp³-hybridized carbons (Fsp3) is 0.545. The summed E-state index contributed by atoms with van der Waals surface area (Å²) >= 11 is 0. The summed E-state index contributed by atoms with van der Waals surface area (Å²) in [6.45, 7) is 6.28. The van der Waals surface area contributed by atoms with Crippen LogP contribution in [-0.4, -0.2) is 17.6 Å². The van der Waals surface area contributed by atoms with Crippen molar-refractivity contribution in [1.82, 2.24) is 4.98 Å². The van der Waals surface area contributed by atoms with E-state index >= 15 is 0 Å². The number of nitrogens with one attached hydrogen (secondary N) is 1. The lowest BCUT2D eigenvalue weighted by molar-refractivity contribution is 0.0525. The van der Waals surface area contributed by atoms with Crippen molar-refractivity contribution in [2.45, 2.75) is 33.6 Å². The van der Waals surface area contributed by atoms with Crippen LogP contribution >= 0.6 is 0 Å². The standard InChI is InChI=1S/C11H17NO2/c1-4-6-10-9(7-8(3)12-10)11(13)14-5-2/h7,12H,4-6H2,1-3H3. The zero-order valence-electron chi connectivity index (χ0n) is 9.02. The number of hydrogen-bond donors (Lipinski definition) is 1. The molecule has 0 aliphatic rings. The van der Waals surface area contributed by atoms with Crippen molar-refractivity contribution in [3.05, 3.63) is 23.0 Å². The van der Waals surface area contributed by atoms with Crippen molar-refractivity contribution in [2.75, 3.05) is 6.61 Å². The van der Waals surface area contributed by atoms with Gasteiger partial charge in [0.1, 0.15) is 0 Å². The fourth-order valence-corrected chi connectivity index (χ4v) is 1.48. The smallest absolute Gasteiger partial charge is 0.339 e. The van der Waals surface area contributed by atoms with Crippen LogP contribution < -0.4 is 0 Å². The second-order valence-corrected chi connectivity index (χ2v) is 3.32. The zero-order valence-corrected chi connectivity index (χ0v) is 9.02. The fourth-order valence-electron chi connectivity index (χ4n) is 1.48. The molecule has 0 unspecified atom stereocenters. The maximum absolute atomic E-state index is 11.5. The highest BCUT2D eigenvalue weighted by Crippen LogP contribution is 2.13. The lowest BCUT2D eigenvalue weighted by Crippen LogP contribution is -2.06. The van der Waals surface area contributed by atoms with Crippen molar-refractivity contribution in [3.63, 3.8) is 0 Å². The molecule has 0 aliphatic heterocycles. The molecule has 1 aromatic heterocycles. The van der Waals surface area contributed by atoms with Crippen LogP contribution in [0, 0.1) is 6.92 Å². The Morgan fingerprint density at radius 2 is 2.21 bits per heavy atom. The van der Waals surface area contributed by atoms with E-state index in [0.717, 1.165) is 24.2 Å². The van der Waals surface area contributed by atoms with E-state index in [9.17, 15) is 4.79 Å². The van der Waals surface area contributed by atoms with Gasteiger partial charge < -0.3 is 9.72 Å². The van der Waals surface area contributed by atoms with Crippen molar-refractivity contribution < 1.29 is 9.53 Å². The first-order valence-corrected chi connectivity index (χ1v) is 5.04. The Kier molecular flexibility index (Phi) is 3.74. The normalized spacial score (nSPS) is 10.2. The minimum Gasteiger partial charge on any atom is -0.462 e. The molecule has 14 heavy (non-hydrogen) atoms. The molecule has 0 saturated heterocycles. The van der Waals surface area contributed by atoms with Gasteiger partial charge in [-0.2, -0.15) is 0 Å². The largest absolute Gasteiger partial charge is 0.462 e. The first-order valence-electron chi connectivity index (χ1n) is 5.04. The maximum atomic E-state index is 11.5. The van der Waals surface area contributed by atoms with E-state index in [2.05, 4.69) is 11.9 Å². The van der Waals surface area contributed by atoms with Gasteiger partial charge in [-0.25, -0.2) is 4.79 Å². The Hall–Kier alpha value is -1.25. The van der Waals surface area contributed by atoms with Gasteiger partial charge in [-0.15, -0.1) is 0 Å². The van der Waals surface area contributed by atoms with Crippen LogP contribution in [0.4, 0.5) is 0 Å². The summed E-state index contributed by atoms with van der Waals surface area (Å²) in [6, 6.07) is 1.85. The predicted molar refractivity (Wildman–Crippen MR) is 55.5 cm³/mol. The molecule has 78 valence electrons. The number of aryl methyl sites for hydroxylation is 2. The molecule has 1 heterocycles. The number of aromatic nitrogens is 1. The highest BCUT2D eigenvalue weighted by molar-refractivity contribution is 5.91. The Balaban J connectivity index is 2.88. The molecular formula is C11H17NO2. The van der Waals surface area contributed by atoms with Crippen LogP contribution in [0.25, 0.3) is 0 Å². The third-order valence-electron chi connectivity index (χ3n) is 2.03. The van der Waals surface area contributed by atoms with Crippen LogP contribution in [-0.2, 0) is 11.2 Å². The molecular weight excluding hydrogens is 178 g/mol. The summed E-state index contributed by atoms with van der Waals surface area (Å²) in [5.41, 5.74) is 2.69. The van der Waals surface area contributed by atoms with Crippen LogP contribution in [0.3, 0.4) is 0 Å². The lowest BCUT2D eigenvalue weighted by atomic mass is 10.1. The van der Waals surface area contributed by atoms with Gasteiger partial charge in [0.2, 0.25) is 0 Å². The van der Waals surface area contributed by atoms with Gasteiger partial charge in [0.25, 0.3) is 0 Å². The summed E-state index contributed by atoms with van der Waals surface area (Å²) in [5.74, 6) is -0.222. The molecule has 0 saturated carbocycles. The highest BCUT2D eigenvalue weighted by Gasteiger charge is 2.14. The second-order valence-electron chi connectivity index (χ2n) is 3.32. The Labute approximate surface area is 84.5 Å². The van der Waals surface area contributed by atoms with E-state index in [1.54, 1.807) is 0 Å². The van der Waals surface area contributed by atoms with Crippen molar-refractivity contribution >= 4 is 5.97 Å². The Bertz CT molecular complexity index is 315. The number of ether oxygens (including phenoxy) is 1. The summed E-state index contributed by atoms with van der Waals surface area (Å²) in [7, 11) is 0. The molecule has 0 spiro atoms. The predicted octanol–water partition coefficient (Wildman–Crippen LogP) is 2.45. The molecule has 0 bridgehead atoms.